The number of hydrogen-bond acceptors (Lipinski definition) is 7. The number of carbonyl (C=O) groups is 2. The summed E-state index contributed by atoms with van der Waals surface area (Å²) in [4.78, 5) is 28.8. The first kappa shape index (κ1) is 26.7. The molecule has 0 spiro atoms. The van der Waals surface area contributed by atoms with Crippen LogP contribution in [0.15, 0.2) is 36.4 Å². The van der Waals surface area contributed by atoms with E-state index in [1.807, 2.05) is 6.07 Å². The molecular formula is C23H25ClF2N4O4S. The number of aliphatic hydroxyl groups is 1. The minimum atomic E-state index is -1.18. The number of nitrogens with zero attached hydrogens (tertiary/aromatic N) is 2. The molecule has 0 aliphatic heterocycles. The molecule has 0 saturated heterocycles. The summed E-state index contributed by atoms with van der Waals surface area (Å²) in [7, 11) is 0. The summed E-state index contributed by atoms with van der Waals surface area (Å²) in [6, 6.07) is 8.34. The van der Waals surface area contributed by atoms with Crippen LogP contribution in [0.2, 0.25) is 5.02 Å². The predicted octanol–water partition coefficient (Wildman–Crippen LogP) is 4.86. The van der Waals surface area contributed by atoms with Crippen LogP contribution in [0.5, 0.6) is 0 Å². The Morgan fingerprint density at radius 2 is 1.94 bits per heavy atom. The largest absolute Gasteiger partial charge is 0.447 e. The Labute approximate surface area is 209 Å². The molecule has 12 heteroatoms. The monoisotopic (exact) mass is 526 g/mol. The van der Waals surface area contributed by atoms with Crippen LogP contribution in [-0.2, 0) is 16.1 Å². The summed E-state index contributed by atoms with van der Waals surface area (Å²) in [6.07, 6.45) is -0.782. The van der Waals surface area contributed by atoms with Crippen molar-refractivity contribution < 1.29 is 28.2 Å². The Balaban J connectivity index is 1.68. The minimum absolute atomic E-state index is 0.0920. The maximum atomic E-state index is 13.4. The number of hydrogen-bond donors (Lipinski definition) is 3. The quantitative estimate of drug-likeness (QED) is 0.344. The number of aromatic nitrogens is 1. The highest BCUT2D eigenvalue weighted by molar-refractivity contribution is 7.22. The lowest BCUT2D eigenvalue weighted by atomic mass is 9.99. The maximum absolute atomic E-state index is 13.4. The van der Waals surface area contributed by atoms with Gasteiger partial charge in [0.15, 0.2) is 16.8 Å². The van der Waals surface area contributed by atoms with Crippen LogP contribution < -0.4 is 10.7 Å². The van der Waals surface area contributed by atoms with Crippen LogP contribution in [0.3, 0.4) is 0 Å². The number of carbonyl (C=O) groups excluding carboxylic acids is 2. The molecule has 2 amide bonds. The standard InChI is InChI=1S/C23H25ClF2N4O4S/c1-13(31)30(27-11-14-6-4-5-7-16(14)24)15(10-23(2,3)33)12-34-22(32)29-21-28-19-8-17(25)18(26)9-20(19)35-21/h4-9,15,27,33H,10-12H2,1-3H3,(H,28,29,32)/t15-/m0/s1. The molecule has 0 aliphatic rings. The molecule has 188 valence electrons. The van der Waals surface area contributed by atoms with Gasteiger partial charge in [-0.3, -0.25) is 15.1 Å². The number of nitrogens with one attached hydrogen (secondary N) is 2. The molecular weight excluding hydrogens is 502 g/mol. The number of halogens is 3. The second kappa shape index (κ2) is 11.3. The van der Waals surface area contributed by atoms with Gasteiger partial charge >= 0.3 is 6.09 Å². The zero-order valence-corrected chi connectivity index (χ0v) is 20.8. The Bertz CT molecular complexity index is 1180. The highest BCUT2D eigenvalue weighted by Gasteiger charge is 2.29. The average molecular weight is 527 g/mol. The first-order valence-corrected chi connectivity index (χ1v) is 11.8. The fourth-order valence-corrected chi connectivity index (χ4v) is 4.44. The Morgan fingerprint density at radius 3 is 2.60 bits per heavy atom. The summed E-state index contributed by atoms with van der Waals surface area (Å²) in [5.74, 6) is -2.41. The first-order chi connectivity index (χ1) is 16.4. The smallest absolute Gasteiger partial charge is 0.413 e. The number of ether oxygens (including phenoxy) is 1. The number of rotatable bonds is 9. The highest BCUT2D eigenvalue weighted by Crippen LogP contribution is 2.28. The third-order valence-corrected chi connectivity index (χ3v) is 6.19. The van der Waals surface area contributed by atoms with Gasteiger partial charge in [-0.1, -0.05) is 41.1 Å². The molecule has 0 saturated carbocycles. The number of anilines is 1. The van der Waals surface area contributed by atoms with E-state index in [9.17, 15) is 23.5 Å². The fourth-order valence-electron chi connectivity index (χ4n) is 3.38. The molecule has 0 aliphatic carbocycles. The van der Waals surface area contributed by atoms with Crippen molar-refractivity contribution in [2.24, 2.45) is 0 Å². The lowest BCUT2D eigenvalue weighted by Gasteiger charge is -2.34. The molecule has 0 unspecified atom stereocenters. The second-order valence-electron chi connectivity index (χ2n) is 8.46. The number of thiazole rings is 1. The lowest BCUT2D eigenvalue weighted by Crippen LogP contribution is -2.52. The van der Waals surface area contributed by atoms with Crippen molar-refractivity contribution in [3.8, 4) is 0 Å². The third-order valence-electron chi connectivity index (χ3n) is 4.88. The van der Waals surface area contributed by atoms with Crippen LogP contribution in [0.25, 0.3) is 10.2 Å². The molecule has 0 bridgehead atoms. The van der Waals surface area contributed by atoms with Gasteiger partial charge in [-0.2, -0.15) is 0 Å². The molecule has 8 nitrogen and oxygen atoms in total. The van der Waals surface area contributed by atoms with E-state index in [4.69, 9.17) is 16.3 Å². The molecule has 1 atom stereocenters. The van der Waals surface area contributed by atoms with E-state index in [1.54, 1.807) is 32.0 Å². The van der Waals surface area contributed by atoms with Crippen LogP contribution in [-0.4, -0.2) is 45.3 Å². The molecule has 2 aromatic carbocycles. The molecule has 3 rings (SSSR count). The zero-order valence-electron chi connectivity index (χ0n) is 19.3. The van der Waals surface area contributed by atoms with Crippen molar-refractivity contribution in [2.75, 3.05) is 11.9 Å². The van der Waals surface area contributed by atoms with Gasteiger partial charge in [0.2, 0.25) is 5.91 Å². The summed E-state index contributed by atoms with van der Waals surface area (Å²) in [5.41, 5.74) is 2.77. The summed E-state index contributed by atoms with van der Waals surface area (Å²) in [6.45, 7) is 4.47. The van der Waals surface area contributed by atoms with Crippen molar-refractivity contribution >= 4 is 50.3 Å². The third kappa shape index (κ3) is 7.56. The fraction of sp³-hybridized carbons (Fsp3) is 0.348. The van der Waals surface area contributed by atoms with Crippen LogP contribution >= 0.6 is 22.9 Å². The van der Waals surface area contributed by atoms with E-state index in [-0.39, 0.29) is 36.1 Å². The molecule has 3 aromatic rings. The molecule has 3 N–H and O–H groups in total. The molecule has 0 fully saturated rings. The Hall–Kier alpha value is -2.86. The summed E-state index contributed by atoms with van der Waals surface area (Å²) in [5, 5.41) is 14.7. The van der Waals surface area contributed by atoms with Gasteiger partial charge in [-0.05, 0) is 31.5 Å². The van der Waals surface area contributed by atoms with E-state index in [0.717, 1.165) is 29.0 Å². The van der Waals surface area contributed by atoms with Gasteiger partial charge < -0.3 is 9.84 Å². The van der Waals surface area contributed by atoms with Crippen LogP contribution in [0.4, 0.5) is 18.7 Å². The minimum Gasteiger partial charge on any atom is -0.447 e. The SMILES string of the molecule is CC(=O)N(NCc1ccccc1Cl)[C@H](COC(=O)Nc1nc2cc(F)c(F)cc2s1)CC(C)(C)O. The van der Waals surface area contributed by atoms with Gasteiger partial charge in [-0.25, -0.2) is 24.0 Å². The van der Waals surface area contributed by atoms with Crippen molar-refractivity contribution in [1.82, 2.24) is 15.4 Å². The summed E-state index contributed by atoms with van der Waals surface area (Å²) < 4.78 is 32.5. The van der Waals surface area contributed by atoms with Crippen molar-refractivity contribution in [3.05, 3.63) is 58.6 Å². The van der Waals surface area contributed by atoms with Crippen molar-refractivity contribution in [3.63, 3.8) is 0 Å². The number of hydrazine groups is 1. The highest BCUT2D eigenvalue weighted by atomic mass is 35.5. The molecule has 1 aromatic heterocycles. The van der Waals surface area contributed by atoms with Gasteiger partial charge in [-0.15, -0.1) is 0 Å². The van der Waals surface area contributed by atoms with Gasteiger partial charge in [0.25, 0.3) is 0 Å². The average Bonchev–Trinajstić information content (AvgIpc) is 3.13. The normalized spacial score (nSPS) is 12.4. The maximum Gasteiger partial charge on any atom is 0.413 e. The lowest BCUT2D eigenvalue weighted by molar-refractivity contribution is -0.138. The molecule has 35 heavy (non-hydrogen) atoms. The summed E-state index contributed by atoms with van der Waals surface area (Å²) >= 11 is 7.14. The van der Waals surface area contributed by atoms with E-state index in [2.05, 4.69) is 15.7 Å². The predicted molar refractivity (Wildman–Crippen MR) is 130 cm³/mol. The molecule has 1 heterocycles. The van der Waals surface area contributed by atoms with Crippen LogP contribution in [0.1, 0.15) is 32.8 Å². The van der Waals surface area contributed by atoms with Gasteiger partial charge in [0.05, 0.1) is 21.9 Å². The second-order valence-corrected chi connectivity index (χ2v) is 9.90. The molecule has 0 radical (unpaired) electrons. The zero-order chi connectivity index (χ0) is 25.8. The van der Waals surface area contributed by atoms with E-state index < -0.39 is 29.4 Å². The number of fused-ring (bicyclic) bond motifs is 1. The Kier molecular flexibility index (Phi) is 8.60. The van der Waals surface area contributed by atoms with Crippen molar-refractivity contribution in [2.45, 2.75) is 45.4 Å². The van der Waals surface area contributed by atoms with Crippen LogP contribution in [0, 0.1) is 11.6 Å². The van der Waals surface area contributed by atoms with Gasteiger partial charge in [0, 0.05) is 31.0 Å². The number of benzene rings is 2. The van der Waals surface area contributed by atoms with Crippen molar-refractivity contribution in [1.29, 1.82) is 0 Å². The van der Waals surface area contributed by atoms with E-state index in [0.29, 0.717) is 9.72 Å². The van der Waals surface area contributed by atoms with E-state index >= 15 is 0 Å². The first-order valence-electron chi connectivity index (χ1n) is 10.6. The Morgan fingerprint density at radius 1 is 1.26 bits per heavy atom. The number of amides is 2. The topological polar surface area (TPSA) is 104 Å². The van der Waals surface area contributed by atoms with E-state index in [1.165, 1.54) is 11.9 Å². The van der Waals surface area contributed by atoms with Gasteiger partial charge in [0.1, 0.15) is 6.61 Å².